The van der Waals surface area contributed by atoms with Gasteiger partial charge in [0.2, 0.25) is 0 Å². The van der Waals surface area contributed by atoms with Crippen LogP contribution in [-0.2, 0) is 0 Å². The Morgan fingerprint density at radius 2 is 1.62 bits per heavy atom. The zero-order valence-electron chi connectivity index (χ0n) is 17.2. The van der Waals surface area contributed by atoms with Crippen LogP contribution in [0.5, 0.6) is 0 Å². The summed E-state index contributed by atoms with van der Waals surface area (Å²) in [7, 11) is 0. The van der Waals surface area contributed by atoms with Crippen molar-refractivity contribution in [1.82, 2.24) is 14.9 Å². The standard InChI is InChI=1S/C25H20N4O2S/c30-23-16-6-1-2-9-19(16)26-22-17(23)7-5-8-18(22)24(31)28-12-14-29(15-13-28)25-27-20-10-3-4-11-21(20)32-25/h1-11H,12-15H2,(H,26,30). The summed E-state index contributed by atoms with van der Waals surface area (Å²) in [6.45, 7) is 2.69. The number of aromatic amines is 1. The summed E-state index contributed by atoms with van der Waals surface area (Å²) in [5.41, 5.74) is 2.85. The Kier molecular flexibility index (Phi) is 4.43. The number of anilines is 1. The Hall–Kier alpha value is -3.71. The van der Waals surface area contributed by atoms with E-state index in [1.165, 1.54) is 4.70 Å². The van der Waals surface area contributed by atoms with Gasteiger partial charge >= 0.3 is 0 Å². The number of thiazole rings is 1. The molecule has 1 amide bonds. The van der Waals surface area contributed by atoms with E-state index in [1.54, 1.807) is 29.5 Å². The first-order valence-electron chi connectivity index (χ1n) is 10.6. The summed E-state index contributed by atoms with van der Waals surface area (Å²) in [6, 6.07) is 20.9. The highest BCUT2D eigenvalue weighted by atomic mass is 32.1. The van der Waals surface area contributed by atoms with Gasteiger partial charge in [-0.25, -0.2) is 4.98 Å². The SMILES string of the molecule is O=C(c1cccc2c(=O)c3ccccc3[nH]c12)N1CCN(c2nc3ccccc3s2)CC1. The van der Waals surface area contributed by atoms with Crippen molar-refractivity contribution in [2.45, 2.75) is 0 Å². The summed E-state index contributed by atoms with van der Waals surface area (Å²) in [4.78, 5) is 38.6. The average Bonchev–Trinajstić information content (AvgIpc) is 3.28. The highest BCUT2D eigenvalue weighted by molar-refractivity contribution is 7.22. The molecule has 5 aromatic rings. The Labute approximate surface area is 187 Å². The lowest BCUT2D eigenvalue weighted by molar-refractivity contribution is 0.0748. The molecule has 1 fully saturated rings. The molecule has 32 heavy (non-hydrogen) atoms. The van der Waals surface area contributed by atoms with Gasteiger partial charge in [-0.1, -0.05) is 41.7 Å². The van der Waals surface area contributed by atoms with Gasteiger partial charge in [0, 0.05) is 42.5 Å². The molecule has 0 unspecified atom stereocenters. The van der Waals surface area contributed by atoms with Crippen LogP contribution in [0.25, 0.3) is 32.0 Å². The first kappa shape index (κ1) is 19.0. The van der Waals surface area contributed by atoms with Crippen molar-refractivity contribution in [3.8, 4) is 0 Å². The third-order valence-electron chi connectivity index (χ3n) is 6.09. The molecule has 1 aliphatic heterocycles. The molecule has 0 atom stereocenters. The van der Waals surface area contributed by atoms with Gasteiger partial charge in [-0.2, -0.15) is 0 Å². The van der Waals surface area contributed by atoms with Crippen LogP contribution in [0.15, 0.2) is 71.5 Å². The molecule has 3 aromatic carbocycles. The Bertz CT molecular complexity index is 1510. The molecule has 0 aliphatic carbocycles. The number of H-pyrrole nitrogens is 1. The molecule has 7 heteroatoms. The number of amides is 1. The topological polar surface area (TPSA) is 69.3 Å². The molecule has 1 saturated heterocycles. The minimum absolute atomic E-state index is 0.0505. The summed E-state index contributed by atoms with van der Waals surface area (Å²) in [5, 5.41) is 2.18. The number of para-hydroxylation sites is 3. The molecular formula is C25H20N4O2S. The van der Waals surface area contributed by atoms with Gasteiger partial charge in [0.05, 0.1) is 21.3 Å². The third-order valence-corrected chi connectivity index (χ3v) is 7.19. The smallest absolute Gasteiger partial charge is 0.256 e. The molecule has 0 saturated carbocycles. The van der Waals surface area contributed by atoms with Gasteiger partial charge < -0.3 is 14.8 Å². The number of aromatic nitrogens is 2. The van der Waals surface area contributed by atoms with Crippen LogP contribution in [-0.4, -0.2) is 47.0 Å². The average molecular weight is 441 g/mol. The largest absolute Gasteiger partial charge is 0.354 e. The van der Waals surface area contributed by atoms with Crippen LogP contribution in [0.4, 0.5) is 5.13 Å². The van der Waals surface area contributed by atoms with Crippen molar-refractivity contribution < 1.29 is 4.79 Å². The van der Waals surface area contributed by atoms with E-state index in [2.05, 4.69) is 16.0 Å². The summed E-state index contributed by atoms with van der Waals surface area (Å²) in [6.07, 6.45) is 0. The third kappa shape index (κ3) is 3.05. The van der Waals surface area contributed by atoms with Crippen LogP contribution in [0.1, 0.15) is 10.4 Å². The van der Waals surface area contributed by atoms with E-state index < -0.39 is 0 Å². The molecule has 2 aromatic heterocycles. The number of piperazine rings is 1. The maximum absolute atomic E-state index is 13.4. The predicted octanol–water partition coefficient (Wildman–Crippen LogP) is 4.25. The molecule has 0 spiro atoms. The first-order chi connectivity index (χ1) is 15.7. The molecule has 0 radical (unpaired) electrons. The monoisotopic (exact) mass is 440 g/mol. The fourth-order valence-electron chi connectivity index (χ4n) is 4.39. The molecule has 6 rings (SSSR count). The van der Waals surface area contributed by atoms with Gasteiger partial charge in [-0.15, -0.1) is 0 Å². The van der Waals surface area contributed by atoms with Crippen molar-refractivity contribution in [2.24, 2.45) is 0 Å². The number of hydrogen-bond donors (Lipinski definition) is 1. The molecule has 1 aliphatic rings. The Balaban J connectivity index is 1.29. The molecule has 0 bridgehead atoms. The number of carbonyl (C=O) groups is 1. The number of fused-ring (bicyclic) bond motifs is 3. The van der Waals surface area contributed by atoms with Crippen LogP contribution in [0.3, 0.4) is 0 Å². The zero-order chi connectivity index (χ0) is 21.7. The minimum Gasteiger partial charge on any atom is -0.354 e. The molecule has 3 heterocycles. The highest BCUT2D eigenvalue weighted by Crippen LogP contribution is 2.29. The Morgan fingerprint density at radius 3 is 2.47 bits per heavy atom. The van der Waals surface area contributed by atoms with Crippen LogP contribution >= 0.6 is 11.3 Å². The Morgan fingerprint density at radius 1 is 0.875 bits per heavy atom. The summed E-state index contributed by atoms with van der Waals surface area (Å²) >= 11 is 1.69. The van der Waals surface area contributed by atoms with E-state index in [0.717, 1.165) is 29.3 Å². The van der Waals surface area contributed by atoms with E-state index in [9.17, 15) is 9.59 Å². The number of hydrogen-bond acceptors (Lipinski definition) is 5. The molecule has 6 nitrogen and oxygen atoms in total. The lowest BCUT2D eigenvalue weighted by Gasteiger charge is -2.34. The van der Waals surface area contributed by atoms with Crippen molar-refractivity contribution in [3.05, 3.63) is 82.5 Å². The molecule has 1 N–H and O–H groups in total. The summed E-state index contributed by atoms with van der Waals surface area (Å²) in [5.74, 6) is -0.0505. The van der Waals surface area contributed by atoms with E-state index in [0.29, 0.717) is 34.9 Å². The highest BCUT2D eigenvalue weighted by Gasteiger charge is 2.25. The quantitative estimate of drug-likeness (QED) is 0.417. The van der Waals surface area contributed by atoms with Gasteiger partial charge in [0.1, 0.15) is 0 Å². The normalized spacial score (nSPS) is 14.5. The number of pyridine rings is 1. The van der Waals surface area contributed by atoms with Crippen molar-refractivity contribution >= 4 is 54.4 Å². The van der Waals surface area contributed by atoms with Crippen LogP contribution in [0.2, 0.25) is 0 Å². The zero-order valence-corrected chi connectivity index (χ0v) is 18.1. The van der Waals surface area contributed by atoms with Gasteiger partial charge in [-0.3, -0.25) is 9.59 Å². The number of benzene rings is 3. The number of carbonyl (C=O) groups excluding carboxylic acids is 1. The van der Waals surface area contributed by atoms with Gasteiger partial charge in [0.25, 0.3) is 5.91 Å². The van der Waals surface area contributed by atoms with Crippen LogP contribution in [0, 0.1) is 0 Å². The number of nitrogens with one attached hydrogen (secondary N) is 1. The van der Waals surface area contributed by atoms with Crippen molar-refractivity contribution in [2.75, 3.05) is 31.1 Å². The second kappa shape index (κ2) is 7.46. The van der Waals surface area contributed by atoms with Crippen molar-refractivity contribution in [3.63, 3.8) is 0 Å². The molecular weight excluding hydrogens is 420 g/mol. The van der Waals surface area contributed by atoms with Crippen LogP contribution < -0.4 is 10.3 Å². The number of nitrogens with zero attached hydrogens (tertiary/aromatic N) is 3. The second-order valence-electron chi connectivity index (χ2n) is 7.97. The lowest BCUT2D eigenvalue weighted by Crippen LogP contribution is -2.48. The minimum atomic E-state index is -0.0512. The summed E-state index contributed by atoms with van der Waals surface area (Å²) < 4.78 is 1.17. The lowest BCUT2D eigenvalue weighted by atomic mass is 10.1. The first-order valence-corrected chi connectivity index (χ1v) is 11.4. The van der Waals surface area contributed by atoms with Crippen molar-refractivity contribution in [1.29, 1.82) is 0 Å². The van der Waals surface area contributed by atoms with E-state index in [-0.39, 0.29) is 11.3 Å². The van der Waals surface area contributed by atoms with Gasteiger partial charge in [0.15, 0.2) is 10.6 Å². The van der Waals surface area contributed by atoms with E-state index in [1.807, 2.05) is 47.4 Å². The second-order valence-corrected chi connectivity index (χ2v) is 8.98. The fraction of sp³-hybridized carbons (Fsp3) is 0.160. The maximum atomic E-state index is 13.4. The number of rotatable bonds is 2. The predicted molar refractivity (Wildman–Crippen MR) is 130 cm³/mol. The van der Waals surface area contributed by atoms with Gasteiger partial charge in [-0.05, 0) is 36.4 Å². The van der Waals surface area contributed by atoms with E-state index in [4.69, 9.17) is 4.98 Å². The fourth-order valence-corrected chi connectivity index (χ4v) is 5.41. The van der Waals surface area contributed by atoms with E-state index >= 15 is 0 Å². The maximum Gasteiger partial charge on any atom is 0.256 e. The molecule has 158 valence electrons.